The van der Waals surface area contributed by atoms with E-state index in [0.717, 1.165) is 25.6 Å². The third-order valence-corrected chi connectivity index (χ3v) is 5.78. The van der Waals surface area contributed by atoms with Crippen molar-refractivity contribution >= 4 is 0 Å². The fourth-order valence-corrected chi connectivity index (χ4v) is 3.82. The summed E-state index contributed by atoms with van der Waals surface area (Å²) in [5.74, 6) is 0.760. The molecular weight excluding hydrogens is 248 g/mol. The summed E-state index contributed by atoms with van der Waals surface area (Å²) in [5.41, 5.74) is 0.322. The Labute approximate surface area is 125 Å². The van der Waals surface area contributed by atoms with Crippen LogP contribution < -0.4 is 5.32 Å². The summed E-state index contributed by atoms with van der Waals surface area (Å²) in [6.45, 7) is 13.8. The molecule has 3 unspecified atom stereocenters. The minimum atomic E-state index is 0.322. The Morgan fingerprint density at radius 1 is 1.30 bits per heavy atom. The fraction of sp³-hybridized carbons (Fsp3) is 1.00. The monoisotopic (exact) mass is 282 g/mol. The Hall–Kier alpha value is -0.120. The largest absolute Gasteiger partial charge is 0.377 e. The van der Waals surface area contributed by atoms with E-state index in [0.29, 0.717) is 17.7 Å². The molecule has 0 aromatic heterocycles. The zero-order valence-corrected chi connectivity index (χ0v) is 14.0. The lowest BCUT2D eigenvalue weighted by atomic mass is 9.85. The van der Waals surface area contributed by atoms with Gasteiger partial charge in [-0.3, -0.25) is 4.90 Å². The summed E-state index contributed by atoms with van der Waals surface area (Å²) >= 11 is 0. The van der Waals surface area contributed by atoms with Gasteiger partial charge < -0.3 is 10.1 Å². The molecular formula is C17H34N2O. The highest BCUT2D eigenvalue weighted by Gasteiger charge is 2.39. The number of rotatable bonds is 6. The first kappa shape index (κ1) is 16.3. The van der Waals surface area contributed by atoms with Crippen molar-refractivity contribution in [2.75, 3.05) is 26.2 Å². The van der Waals surface area contributed by atoms with Crippen molar-refractivity contribution in [2.45, 2.75) is 77.5 Å². The van der Waals surface area contributed by atoms with Crippen molar-refractivity contribution in [3.8, 4) is 0 Å². The lowest BCUT2D eigenvalue weighted by molar-refractivity contribution is 0.00106. The van der Waals surface area contributed by atoms with Crippen LogP contribution in [-0.2, 0) is 4.74 Å². The number of ether oxygens (including phenoxy) is 1. The maximum Gasteiger partial charge on any atom is 0.0702 e. The van der Waals surface area contributed by atoms with E-state index in [1.165, 1.54) is 38.6 Å². The van der Waals surface area contributed by atoms with Gasteiger partial charge in [-0.15, -0.1) is 0 Å². The van der Waals surface area contributed by atoms with Gasteiger partial charge >= 0.3 is 0 Å². The molecule has 3 nitrogen and oxygen atoms in total. The second kappa shape index (κ2) is 7.24. The predicted octanol–water partition coefficient (Wildman–Crippen LogP) is 3.04. The SMILES string of the molecule is CCC(C)C1CNC(CC)(CC)CN1CC1CCCO1. The van der Waals surface area contributed by atoms with Crippen LogP contribution in [0.1, 0.15) is 59.8 Å². The van der Waals surface area contributed by atoms with Crippen LogP contribution >= 0.6 is 0 Å². The second-order valence-electron chi connectivity index (χ2n) is 6.89. The quantitative estimate of drug-likeness (QED) is 0.810. The molecule has 2 rings (SSSR count). The van der Waals surface area contributed by atoms with Crippen LogP contribution in [0.2, 0.25) is 0 Å². The Morgan fingerprint density at radius 2 is 2.05 bits per heavy atom. The van der Waals surface area contributed by atoms with Crippen LogP contribution in [0.5, 0.6) is 0 Å². The summed E-state index contributed by atoms with van der Waals surface area (Å²) in [6, 6.07) is 0.676. The van der Waals surface area contributed by atoms with Gasteiger partial charge in [0.05, 0.1) is 6.10 Å². The number of nitrogens with zero attached hydrogens (tertiary/aromatic N) is 1. The van der Waals surface area contributed by atoms with Crippen molar-refractivity contribution < 1.29 is 4.74 Å². The Bertz CT molecular complexity index is 285. The molecule has 0 amide bonds. The molecule has 3 atom stereocenters. The van der Waals surface area contributed by atoms with E-state index in [9.17, 15) is 0 Å². The molecule has 0 aromatic rings. The van der Waals surface area contributed by atoms with Crippen molar-refractivity contribution in [1.82, 2.24) is 10.2 Å². The smallest absolute Gasteiger partial charge is 0.0702 e. The highest BCUT2D eigenvalue weighted by Crippen LogP contribution is 2.28. The Kier molecular flexibility index (Phi) is 5.88. The van der Waals surface area contributed by atoms with Gasteiger partial charge in [0.1, 0.15) is 0 Å². The van der Waals surface area contributed by atoms with Crippen LogP contribution in [0.15, 0.2) is 0 Å². The van der Waals surface area contributed by atoms with Gasteiger partial charge in [0, 0.05) is 37.8 Å². The lowest BCUT2D eigenvalue weighted by Gasteiger charge is -2.50. The van der Waals surface area contributed by atoms with Crippen molar-refractivity contribution in [1.29, 1.82) is 0 Å². The molecule has 2 saturated heterocycles. The highest BCUT2D eigenvalue weighted by atomic mass is 16.5. The molecule has 0 saturated carbocycles. The van der Waals surface area contributed by atoms with Gasteiger partial charge in [0.15, 0.2) is 0 Å². The lowest BCUT2D eigenvalue weighted by Crippen LogP contribution is -2.66. The van der Waals surface area contributed by atoms with Crippen molar-refractivity contribution in [3.05, 3.63) is 0 Å². The van der Waals surface area contributed by atoms with E-state index in [1.807, 2.05) is 0 Å². The van der Waals surface area contributed by atoms with Crippen LogP contribution in [-0.4, -0.2) is 48.8 Å². The average molecular weight is 282 g/mol. The van der Waals surface area contributed by atoms with Gasteiger partial charge in [-0.2, -0.15) is 0 Å². The van der Waals surface area contributed by atoms with Gasteiger partial charge in [0.25, 0.3) is 0 Å². The highest BCUT2D eigenvalue weighted by molar-refractivity contribution is 4.98. The fourth-order valence-electron chi connectivity index (χ4n) is 3.82. The summed E-state index contributed by atoms with van der Waals surface area (Å²) in [5, 5.41) is 3.87. The first-order chi connectivity index (χ1) is 9.64. The summed E-state index contributed by atoms with van der Waals surface area (Å²) in [7, 11) is 0. The number of hydrogen-bond donors (Lipinski definition) is 1. The molecule has 3 heteroatoms. The molecule has 0 aliphatic carbocycles. The molecule has 2 heterocycles. The van der Waals surface area contributed by atoms with Crippen LogP contribution in [0, 0.1) is 5.92 Å². The third kappa shape index (κ3) is 3.55. The Balaban J connectivity index is 2.05. The zero-order chi connectivity index (χ0) is 14.6. The predicted molar refractivity (Wildman–Crippen MR) is 85.1 cm³/mol. The molecule has 2 aliphatic heterocycles. The summed E-state index contributed by atoms with van der Waals surface area (Å²) < 4.78 is 5.89. The minimum absolute atomic E-state index is 0.322. The normalized spacial score (nSPS) is 32.4. The minimum Gasteiger partial charge on any atom is -0.377 e. The molecule has 1 N–H and O–H groups in total. The molecule has 20 heavy (non-hydrogen) atoms. The van der Waals surface area contributed by atoms with E-state index in [1.54, 1.807) is 0 Å². The van der Waals surface area contributed by atoms with Crippen molar-refractivity contribution in [2.24, 2.45) is 5.92 Å². The Morgan fingerprint density at radius 3 is 2.60 bits per heavy atom. The zero-order valence-electron chi connectivity index (χ0n) is 14.0. The average Bonchev–Trinajstić information content (AvgIpc) is 2.99. The van der Waals surface area contributed by atoms with Gasteiger partial charge in [-0.1, -0.05) is 34.1 Å². The van der Waals surface area contributed by atoms with E-state index in [4.69, 9.17) is 4.74 Å². The maximum atomic E-state index is 5.89. The molecule has 118 valence electrons. The van der Waals surface area contributed by atoms with E-state index in [-0.39, 0.29) is 0 Å². The molecule has 2 fully saturated rings. The second-order valence-corrected chi connectivity index (χ2v) is 6.89. The third-order valence-electron chi connectivity index (χ3n) is 5.78. The summed E-state index contributed by atoms with van der Waals surface area (Å²) in [4.78, 5) is 2.74. The van der Waals surface area contributed by atoms with Gasteiger partial charge in [-0.05, 0) is 31.6 Å². The molecule has 0 spiro atoms. The van der Waals surface area contributed by atoms with E-state index >= 15 is 0 Å². The first-order valence-corrected chi connectivity index (χ1v) is 8.74. The van der Waals surface area contributed by atoms with Crippen molar-refractivity contribution in [3.63, 3.8) is 0 Å². The standard InChI is InChI=1S/C17H34N2O/c1-5-14(4)16-11-18-17(6-2,7-3)13-19(16)12-15-9-8-10-20-15/h14-16,18H,5-13H2,1-4H3. The number of nitrogens with one attached hydrogen (secondary N) is 1. The van der Waals surface area contributed by atoms with Crippen LogP contribution in [0.25, 0.3) is 0 Å². The van der Waals surface area contributed by atoms with Crippen LogP contribution in [0.3, 0.4) is 0 Å². The van der Waals surface area contributed by atoms with Gasteiger partial charge in [-0.25, -0.2) is 0 Å². The molecule has 0 bridgehead atoms. The molecule has 0 aromatic carbocycles. The summed E-state index contributed by atoms with van der Waals surface area (Å²) in [6.07, 6.45) is 6.68. The maximum absolute atomic E-state index is 5.89. The first-order valence-electron chi connectivity index (χ1n) is 8.74. The molecule has 0 radical (unpaired) electrons. The topological polar surface area (TPSA) is 24.5 Å². The number of hydrogen-bond acceptors (Lipinski definition) is 3. The molecule has 2 aliphatic rings. The van der Waals surface area contributed by atoms with E-state index < -0.39 is 0 Å². The number of piperazine rings is 1. The van der Waals surface area contributed by atoms with Gasteiger partial charge in [0.2, 0.25) is 0 Å². The van der Waals surface area contributed by atoms with Crippen LogP contribution in [0.4, 0.5) is 0 Å². The van der Waals surface area contributed by atoms with E-state index in [2.05, 4.69) is 37.9 Å².